The van der Waals surface area contributed by atoms with Crippen LogP contribution in [0.15, 0.2) is 15.5 Å². The lowest BCUT2D eigenvalue weighted by Gasteiger charge is -2.25. The Morgan fingerprint density at radius 1 is 1.56 bits per heavy atom. The SMILES string of the molecule is CC1CC1Nc1c(Br)cnn(CC2CCC2)c1=O. The van der Waals surface area contributed by atoms with Gasteiger partial charge in [0.05, 0.1) is 10.7 Å². The first-order valence-electron chi connectivity index (χ1n) is 6.67. The molecule has 3 rings (SSSR count). The number of nitrogens with zero attached hydrogens (tertiary/aromatic N) is 2. The summed E-state index contributed by atoms with van der Waals surface area (Å²) in [6.07, 6.45) is 6.63. The second-order valence-corrected chi connectivity index (χ2v) is 6.47. The predicted octanol–water partition coefficient (Wildman–Crippen LogP) is 2.63. The Kier molecular flexibility index (Phi) is 3.18. The topological polar surface area (TPSA) is 46.9 Å². The molecule has 2 unspecified atom stereocenters. The summed E-state index contributed by atoms with van der Waals surface area (Å²) < 4.78 is 2.39. The van der Waals surface area contributed by atoms with Crippen LogP contribution in [-0.2, 0) is 6.54 Å². The standard InChI is InChI=1S/C13H18BrN3O/c1-8-5-11(8)16-12-10(14)6-15-17(13(12)18)7-9-3-2-4-9/h6,8-9,11,16H,2-5,7H2,1H3. The van der Waals surface area contributed by atoms with Crippen LogP contribution in [0.4, 0.5) is 5.69 Å². The molecule has 1 aromatic heterocycles. The van der Waals surface area contributed by atoms with Gasteiger partial charge in [-0.15, -0.1) is 0 Å². The van der Waals surface area contributed by atoms with Gasteiger partial charge in [-0.25, -0.2) is 4.68 Å². The molecule has 0 aliphatic heterocycles. The maximum atomic E-state index is 12.3. The van der Waals surface area contributed by atoms with Gasteiger partial charge in [0.15, 0.2) is 0 Å². The number of anilines is 1. The van der Waals surface area contributed by atoms with Crippen LogP contribution in [0.3, 0.4) is 0 Å². The van der Waals surface area contributed by atoms with E-state index < -0.39 is 0 Å². The molecule has 1 N–H and O–H groups in total. The average Bonchev–Trinajstić information content (AvgIpc) is 2.97. The summed E-state index contributed by atoms with van der Waals surface area (Å²) in [7, 11) is 0. The van der Waals surface area contributed by atoms with Crippen LogP contribution in [0.1, 0.15) is 32.6 Å². The molecule has 0 bridgehead atoms. The predicted molar refractivity (Wildman–Crippen MR) is 74.7 cm³/mol. The van der Waals surface area contributed by atoms with Crippen LogP contribution in [0.5, 0.6) is 0 Å². The molecule has 0 spiro atoms. The summed E-state index contributed by atoms with van der Waals surface area (Å²) >= 11 is 3.42. The van der Waals surface area contributed by atoms with Crippen LogP contribution in [0.2, 0.25) is 0 Å². The molecule has 1 heterocycles. The van der Waals surface area contributed by atoms with Crippen LogP contribution in [0, 0.1) is 11.8 Å². The van der Waals surface area contributed by atoms with Crippen molar-refractivity contribution in [1.29, 1.82) is 0 Å². The van der Waals surface area contributed by atoms with Crippen molar-refractivity contribution in [3.8, 4) is 0 Å². The van der Waals surface area contributed by atoms with Gasteiger partial charge >= 0.3 is 0 Å². The van der Waals surface area contributed by atoms with E-state index in [1.807, 2.05) is 0 Å². The Hall–Kier alpha value is -0.840. The minimum absolute atomic E-state index is 0.00961. The number of nitrogens with one attached hydrogen (secondary N) is 1. The molecule has 18 heavy (non-hydrogen) atoms. The van der Waals surface area contributed by atoms with Gasteiger partial charge in [0.2, 0.25) is 0 Å². The van der Waals surface area contributed by atoms with Gasteiger partial charge < -0.3 is 5.32 Å². The third-order valence-corrected chi connectivity index (χ3v) is 4.69. The summed E-state index contributed by atoms with van der Waals surface area (Å²) in [6, 6.07) is 0.452. The van der Waals surface area contributed by atoms with E-state index in [0.29, 0.717) is 23.6 Å². The zero-order valence-corrected chi connectivity index (χ0v) is 12.1. The number of aromatic nitrogens is 2. The van der Waals surface area contributed by atoms with Crippen molar-refractivity contribution < 1.29 is 0 Å². The van der Waals surface area contributed by atoms with E-state index in [2.05, 4.69) is 33.3 Å². The normalized spacial score (nSPS) is 26.8. The smallest absolute Gasteiger partial charge is 0.291 e. The Morgan fingerprint density at radius 2 is 2.28 bits per heavy atom. The zero-order chi connectivity index (χ0) is 12.7. The number of rotatable bonds is 4. The first kappa shape index (κ1) is 12.2. The van der Waals surface area contributed by atoms with Gasteiger partial charge in [-0.05, 0) is 47.0 Å². The fraction of sp³-hybridized carbons (Fsp3) is 0.692. The van der Waals surface area contributed by atoms with Crippen molar-refractivity contribution in [1.82, 2.24) is 9.78 Å². The lowest BCUT2D eigenvalue weighted by atomic mass is 9.85. The molecule has 2 atom stereocenters. The summed E-state index contributed by atoms with van der Waals surface area (Å²) in [5.41, 5.74) is 0.689. The highest BCUT2D eigenvalue weighted by Gasteiger charge is 2.33. The highest BCUT2D eigenvalue weighted by Crippen LogP contribution is 2.33. The molecule has 98 valence electrons. The third-order valence-electron chi connectivity index (χ3n) is 4.09. The molecular weight excluding hydrogens is 294 g/mol. The fourth-order valence-corrected chi connectivity index (χ4v) is 2.73. The quantitative estimate of drug-likeness (QED) is 0.930. The van der Waals surface area contributed by atoms with E-state index in [4.69, 9.17) is 0 Å². The molecule has 0 radical (unpaired) electrons. The Morgan fingerprint density at radius 3 is 2.83 bits per heavy atom. The molecule has 0 aromatic carbocycles. The zero-order valence-electron chi connectivity index (χ0n) is 10.5. The monoisotopic (exact) mass is 311 g/mol. The van der Waals surface area contributed by atoms with Crippen molar-refractivity contribution in [3.05, 3.63) is 21.0 Å². The first-order valence-corrected chi connectivity index (χ1v) is 7.46. The van der Waals surface area contributed by atoms with E-state index in [0.717, 1.165) is 17.4 Å². The largest absolute Gasteiger partial charge is 0.377 e. The average molecular weight is 312 g/mol. The first-order chi connectivity index (χ1) is 8.65. The number of hydrogen-bond donors (Lipinski definition) is 1. The van der Waals surface area contributed by atoms with Crippen molar-refractivity contribution in [3.63, 3.8) is 0 Å². The summed E-state index contributed by atoms with van der Waals surface area (Å²) in [4.78, 5) is 12.3. The van der Waals surface area contributed by atoms with Gasteiger partial charge in [-0.3, -0.25) is 4.79 Å². The van der Waals surface area contributed by atoms with Crippen LogP contribution in [-0.4, -0.2) is 15.8 Å². The van der Waals surface area contributed by atoms with E-state index in [1.54, 1.807) is 10.9 Å². The van der Waals surface area contributed by atoms with Gasteiger partial charge in [0, 0.05) is 12.6 Å². The minimum atomic E-state index is 0.00961. The molecule has 0 amide bonds. The van der Waals surface area contributed by atoms with Crippen LogP contribution in [0.25, 0.3) is 0 Å². The highest BCUT2D eigenvalue weighted by atomic mass is 79.9. The Bertz CT molecular complexity index is 509. The number of hydrogen-bond acceptors (Lipinski definition) is 3. The second-order valence-electron chi connectivity index (χ2n) is 5.62. The fourth-order valence-electron chi connectivity index (χ4n) is 2.36. The molecule has 1 aromatic rings. The lowest BCUT2D eigenvalue weighted by molar-refractivity contribution is 0.262. The van der Waals surface area contributed by atoms with E-state index >= 15 is 0 Å². The molecular formula is C13H18BrN3O. The van der Waals surface area contributed by atoms with Crippen molar-refractivity contribution in [2.75, 3.05) is 5.32 Å². The highest BCUT2D eigenvalue weighted by molar-refractivity contribution is 9.10. The molecule has 2 fully saturated rings. The molecule has 2 saturated carbocycles. The van der Waals surface area contributed by atoms with Crippen molar-refractivity contribution >= 4 is 21.6 Å². The Labute approximate surface area is 115 Å². The van der Waals surface area contributed by atoms with Gasteiger partial charge in [-0.1, -0.05) is 13.3 Å². The van der Waals surface area contributed by atoms with Crippen molar-refractivity contribution in [2.45, 2.75) is 45.2 Å². The molecule has 2 aliphatic rings. The Balaban J connectivity index is 1.82. The van der Waals surface area contributed by atoms with Crippen LogP contribution < -0.4 is 10.9 Å². The molecule has 4 nitrogen and oxygen atoms in total. The molecule has 2 aliphatic carbocycles. The van der Waals surface area contributed by atoms with Gasteiger partial charge in [-0.2, -0.15) is 5.10 Å². The van der Waals surface area contributed by atoms with Crippen molar-refractivity contribution in [2.24, 2.45) is 11.8 Å². The second kappa shape index (κ2) is 4.68. The lowest BCUT2D eigenvalue weighted by Crippen LogP contribution is -2.31. The van der Waals surface area contributed by atoms with E-state index in [1.165, 1.54) is 19.3 Å². The summed E-state index contributed by atoms with van der Waals surface area (Å²) in [5.74, 6) is 1.31. The minimum Gasteiger partial charge on any atom is -0.377 e. The summed E-state index contributed by atoms with van der Waals surface area (Å²) in [5, 5.41) is 7.56. The van der Waals surface area contributed by atoms with Gasteiger partial charge in [0.25, 0.3) is 5.56 Å². The van der Waals surface area contributed by atoms with Gasteiger partial charge in [0.1, 0.15) is 5.69 Å². The third kappa shape index (κ3) is 2.32. The van der Waals surface area contributed by atoms with E-state index in [-0.39, 0.29) is 5.56 Å². The summed E-state index contributed by atoms with van der Waals surface area (Å²) in [6.45, 7) is 2.96. The maximum Gasteiger partial charge on any atom is 0.291 e. The molecule has 0 saturated heterocycles. The molecule has 5 heteroatoms. The maximum absolute atomic E-state index is 12.3. The van der Waals surface area contributed by atoms with E-state index in [9.17, 15) is 4.79 Å². The van der Waals surface area contributed by atoms with Crippen LogP contribution >= 0.6 is 15.9 Å². The number of halogens is 1.